The van der Waals surface area contributed by atoms with Gasteiger partial charge < -0.3 is 0 Å². The Morgan fingerprint density at radius 1 is 1.30 bits per heavy atom. The molecule has 0 radical (unpaired) electrons. The first-order valence-electron chi connectivity index (χ1n) is 7.86. The highest BCUT2D eigenvalue weighted by Crippen LogP contribution is 2.26. The Bertz CT molecular complexity index is 771. The quantitative estimate of drug-likeness (QED) is 0.857. The molecule has 1 atom stereocenters. The summed E-state index contributed by atoms with van der Waals surface area (Å²) in [6.45, 7) is 5.66. The lowest BCUT2D eigenvalue weighted by Crippen LogP contribution is -2.41. The van der Waals surface area contributed by atoms with Crippen molar-refractivity contribution in [2.24, 2.45) is 5.92 Å². The molecule has 1 aromatic heterocycles. The number of aromatic nitrogens is 3. The van der Waals surface area contributed by atoms with E-state index in [-0.39, 0.29) is 5.92 Å². The third-order valence-corrected chi connectivity index (χ3v) is 6.37. The number of benzene rings is 1. The van der Waals surface area contributed by atoms with Crippen LogP contribution >= 0.6 is 0 Å². The normalized spacial score (nSPS) is 19.8. The largest absolute Gasteiger partial charge is 0.253 e. The Labute approximate surface area is 137 Å². The number of hydrogen-bond acceptors (Lipinski definition) is 4. The van der Waals surface area contributed by atoms with Gasteiger partial charge in [0.2, 0.25) is 10.0 Å². The van der Waals surface area contributed by atoms with Gasteiger partial charge in [-0.15, -0.1) is 0 Å². The molecule has 1 unspecified atom stereocenters. The monoisotopic (exact) mass is 334 g/mol. The fraction of sp³-hybridized carbons (Fsp3) is 0.500. The predicted molar refractivity (Wildman–Crippen MR) is 87.4 cm³/mol. The second-order valence-electron chi connectivity index (χ2n) is 6.26. The molecule has 0 N–H and O–H groups in total. The third kappa shape index (κ3) is 3.45. The van der Waals surface area contributed by atoms with Gasteiger partial charge in [-0.3, -0.25) is 4.68 Å². The van der Waals surface area contributed by atoms with Gasteiger partial charge in [0.25, 0.3) is 0 Å². The molecule has 1 fully saturated rings. The highest BCUT2D eigenvalue weighted by Gasteiger charge is 2.31. The average Bonchev–Trinajstić information content (AvgIpc) is 3.00. The number of rotatable bonds is 4. The number of nitrogens with zero attached hydrogens (tertiary/aromatic N) is 4. The maximum absolute atomic E-state index is 13.0. The van der Waals surface area contributed by atoms with E-state index < -0.39 is 10.0 Å². The second kappa shape index (κ2) is 6.41. The first-order valence-corrected chi connectivity index (χ1v) is 9.30. The molecular formula is C16H22N4O2S. The zero-order chi connectivity index (χ0) is 16.4. The van der Waals surface area contributed by atoms with Crippen LogP contribution in [0.3, 0.4) is 0 Å². The van der Waals surface area contributed by atoms with Crippen LogP contribution in [-0.2, 0) is 16.6 Å². The summed E-state index contributed by atoms with van der Waals surface area (Å²) >= 11 is 0. The number of aryl methyl sites for hydroxylation is 2. The number of piperidine rings is 1. The Morgan fingerprint density at radius 2 is 2.13 bits per heavy atom. The van der Waals surface area contributed by atoms with Crippen LogP contribution in [0.15, 0.2) is 35.7 Å². The molecule has 124 valence electrons. The van der Waals surface area contributed by atoms with Crippen LogP contribution in [0.4, 0.5) is 0 Å². The summed E-state index contributed by atoms with van der Waals surface area (Å²) in [5, 5.41) is 4.12. The molecule has 3 rings (SSSR count). The van der Waals surface area contributed by atoms with Crippen LogP contribution in [0.5, 0.6) is 0 Å². The summed E-state index contributed by atoms with van der Waals surface area (Å²) in [7, 11) is -3.43. The molecule has 6 nitrogen and oxygen atoms in total. The molecule has 0 spiro atoms. The first kappa shape index (κ1) is 16.1. The van der Waals surface area contributed by atoms with E-state index >= 15 is 0 Å². The lowest BCUT2D eigenvalue weighted by Gasteiger charge is -2.32. The van der Waals surface area contributed by atoms with Crippen LogP contribution in [0.25, 0.3) is 0 Å². The van der Waals surface area contributed by atoms with E-state index in [1.165, 1.54) is 6.33 Å². The Balaban J connectivity index is 1.79. The van der Waals surface area contributed by atoms with Gasteiger partial charge in [0, 0.05) is 19.6 Å². The van der Waals surface area contributed by atoms with Gasteiger partial charge >= 0.3 is 0 Å². The maximum atomic E-state index is 13.0. The minimum Gasteiger partial charge on any atom is -0.253 e. The Morgan fingerprint density at radius 3 is 2.83 bits per heavy atom. The molecule has 23 heavy (non-hydrogen) atoms. The molecule has 2 aromatic rings. The van der Waals surface area contributed by atoms with Crippen molar-refractivity contribution in [3.05, 3.63) is 42.0 Å². The van der Waals surface area contributed by atoms with E-state index in [0.717, 1.165) is 24.0 Å². The van der Waals surface area contributed by atoms with Gasteiger partial charge in [-0.2, -0.15) is 9.40 Å². The molecule has 1 aliphatic heterocycles. The average molecular weight is 334 g/mol. The van der Waals surface area contributed by atoms with E-state index in [1.54, 1.807) is 21.4 Å². The van der Waals surface area contributed by atoms with Crippen LogP contribution in [-0.4, -0.2) is 40.6 Å². The van der Waals surface area contributed by atoms with Crippen LogP contribution in [0.1, 0.15) is 24.0 Å². The fourth-order valence-electron chi connectivity index (χ4n) is 3.21. The standard InChI is InChI=1S/C16H22N4O2S/c1-13-5-6-16(14(2)8-13)23(21,22)20-7-3-4-15(10-20)9-19-12-17-11-18-19/h5-6,8,11-12,15H,3-4,7,9-10H2,1-2H3. The third-order valence-electron chi connectivity index (χ3n) is 4.34. The predicted octanol–water partition coefficient (Wildman–Crippen LogP) is 2.00. The minimum atomic E-state index is -3.43. The molecule has 0 aliphatic carbocycles. The SMILES string of the molecule is Cc1ccc(S(=O)(=O)N2CCCC(Cn3cncn3)C2)c(C)c1. The van der Waals surface area contributed by atoms with Gasteiger partial charge in [-0.05, 0) is 44.2 Å². The van der Waals surface area contributed by atoms with Gasteiger partial charge in [-0.1, -0.05) is 17.7 Å². The van der Waals surface area contributed by atoms with Crippen molar-refractivity contribution >= 4 is 10.0 Å². The lowest BCUT2D eigenvalue weighted by atomic mass is 10.00. The smallest absolute Gasteiger partial charge is 0.243 e. The summed E-state index contributed by atoms with van der Waals surface area (Å²) in [5.41, 5.74) is 1.88. The summed E-state index contributed by atoms with van der Waals surface area (Å²) in [6, 6.07) is 5.50. The number of hydrogen-bond donors (Lipinski definition) is 0. The zero-order valence-electron chi connectivity index (χ0n) is 13.5. The summed E-state index contributed by atoms with van der Waals surface area (Å²) < 4.78 is 29.3. The van der Waals surface area contributed by atoms with Crippen LogP contribution in [0, 0.1) is 19.8 Å². The highest BCUT2D eigenvalue weighted by molar-refractivity contribution is 7.89. The van der Waals surface area contributed by atoms with Gasteiger partial charge in [0.1, 0.15) is 12.7 Å². The molecule has 0 amide bonds. The molecule has 0 saturated carbocycles. The van der Waals surface area contributed by atoms with Crippen molar-refractivity contribution in [3.8, 4) is 0 Å². The summed E-state index contributed by atoms with van der Waals surface area (Å²) in [4.78, 5) is 4.36. The second-order valence-corrected chi connectivity index (χ2v) is 8.16. The van der Waals surface area contributed by atoms with E-state index in [9.17, 15) is 8.42 Å². The highest BCUT2D eigenvalue weighted by atomic mass is 32.2. The Hall–Kier alpha value is -1.73. The van der Waals surface area contributed by atoms with Crippen LogP contribution < -0.4 is 0 Å². The van der Waals surface area contributed by atoms with Crippen molar-refractivity contribution in [2.75, 3.05) is 13.1 Å². The van der Waals surface area contributed by atoms with Gasteiger partial charge in [0.05, 0.1) is 4.90 Å². The molecule has 0 bridgehead atoms. The van der Waals surface area contributed by atoms with E-state index in [0.29, 0.717) is 24.5 Å². The molecule has 1 aromatic carbocycles. The maximum Gasteiger partial charge on any atom is 0.243 e. The van der Waals surface area contributed by atoms with Crippen LogP contribution in [0.2, 0.25) is 0 Å². The topological polar surface area (TPSA) is 68.1 Å². The first-order chi connectivity index (χ1) is 11.0. The van der Waals surface area contributed by atoms with E-state index in [2.05, 4.69) is 10.1 Å². The summed E-state index contributed by atoms with van der Waals surface area (Å²) in [6.07, 6.45) is 5.08. The van der Waals surface area contributed by atoms with Gasteiger partial charge in [0.15, 0.2) is 0 Å². The van der Waals surface area contributed by atoms with Crippen molar-refractivity contribution in [2.45, 2.75) is 38.1 Å². The molecule has 2 heterocycles. The molecule has 7 heteroatoms. The van der Waals surface area contributed by atoms with Gasteiger partial charge in [-0.25, -0.2) is 13.4 Å². The summed E-state index contributed by atoms with van der Waals surface area (Å²) in [5.74, 6) is 0.269. The fourth-order valence-corrected chi connectivity index (χ4v) is 4.97. The van der Waals surface area contributed by atoms with E-state index in [4.69, 9.17) is 0 Å². The zero-order valence-corrected chi connectivity index (χ0v) is 14.3. The minimum absolute atomic E-state index is 0.269. The number of sulfonamides is 1. The Kier molecular flexibility index (Phi) is 4.50. The molecule has 1 saturated heterocycles. The van der Waals surface area contributed by atoms with Crippen molar-refractivity contribution < 1.29 is 8.42 Å². The van der Waals surface area contributed by atoms with Crippen molar-refractivity contribution in [3.63, 3.8) is 0 Å². The van der Waals surface area contributed by atoms with Crippen molar-refractivity contribution in [1.29, 1.82) is 0 Å². The lowest BCUT2D eigenvalue weighted by molar-refractivity contribution is 0.239. The molecular weight excluding hydrogens is 312 g/mol. The van der Waals surface area contributed by atoms with Crippen molar-refractivity contribution in [1.82, 2.24) is 19.1 Å². The van der Waals surface area contributed by atoms with E-state index in [1.807, 2.05) is 26.0 Å². The molecule has 1 aliphatic rings.